The van der Waals surface area contributed by atoms with Crippen LogP contribution in [0.25, 0.3) is 0 Å². The van der Waals surface area contributed by atoms with Crippen molar-refractivity contribution in [3.05, 3.63) is 54.6 Å². The summed E-state index contributed by atoms with van der Waals surface area (Å²) in [6, 6.07) is 5.96. The largest absolute Gasteiger partial charge is 0.496 e. The van der Waals surface area contributed by atoms with Crippen LogP contribution >= 0.6 is 0 Å². The Balaban J connectivity index is 2.85. The Morgan fingerprint density at radius 2 is 1.83 bits per heavy atom. The lowest BCUT2D eigenvalue weighted by Crippen LogP contribution is -2.26. The highest BCUT2D eigenvalue weighted by molar-refractivity contribution is 5.42. The van der Waals surface area contributed by atoms with Gasteiger partial charge in [-0.25, -0.2) is 0 Å². The van der Waals surface area contributed by atoms with Crippen LogP contribution in [0.2, 0.25) is 0 Å². The van der Waals surface area contributed by atoms with Gasteiger partial charge in [0, 0.05) is 19.6 Å². The Labute approximate surface area is 141 Å². The van der Waals surface area contributed by atoms with Crippen LogP contribution in [0.5, 0.6) is 5.75 Å². The quantitative estimate of drug-likeness (QED) is 0.696. The standard InChI is InChI=1S/C20H31NO2/c1-7-12-21(13-8-2)14-11-18(22)16-9-10-19(23-6)17(15-16)20(3,4)5/h7-10,15,18,22H,1-2,11-14H2,3-6H3. The topological polar surface area (TPSA) is 32.7 Å². The number of methoxy groups -OCH3 is 1. The summed E-state index contributed by atoms with van der Waals surface area (Å²) >= 11 is 0. The van der Waals surface area contributed by atoms with E-state index in [9.17, 15) is 5.11 Å². The maximum atomic E-state index is 10.5. The van der Waals surface area contributed by atoms with Gasteiger partial charge < -0.3 is 9.84 Å². The normalized spacial score (nSPS) is 13.0. The van der Waals surface area contributed by atoms with E-state index in [0.717, 1.165) is 36.5 Å². The molecule has 3 nitrogen and oxygen atoms in total. The van der Waals surface area contributed by atoms with Gasteiger partial charge in [0.15, 0.2) is 0 Å². The molecule has 0 aromatic heterocycles. The minimum absolute atomic E-state index is 0.0290. The van der Waals surface area contributed by atoms with Crippen molar-refractivity contribution in [2.75, 3.05) is 26.7 Å². The lowest BCUT2D eigenvalue weighted by molar-refractivity contribution is 0.148. The van der Waals surface area contributed by atoms with Gasteiger partial charge in [-0.1, -0.05) is 39.0 Å². The lowest BCUT2D eigenvalue weighted by atomic mass is 9.84. The first kappa shape index (κ1) is 19.5. The Morgan fingerprint density at radius 3 is 2.30 bits per heavy atom. The van der Waals surface area contributed by atoms with Crippen molar-refractivity contribution < 1.29 is 9.84 Å². The smallest absolute Gasteiger partial charge is 0.122 e. The molecule has 0 fully saturated rings. The molecule has 0 saturated heterocycles. The van der Waals surface area contributed by atoms with E-state index in [-0.39, 0.29) is 5.41 Å². The Bertz CT molecular complexity index is 507. The van der Waals surface area contributed by atoms with Crippen molar-refractivity contribution in [1.82, 2.24) is 4.90 Å². The second-order valence-electron chi connectivity index (χ2n) is 6.85. The highest BCUT2D eigenvalue weighted by Gasteiger charge is 2.21. The van der Waals surface area contributed by atoms with Crippen molar-refractivity contribution in [1.29, 1.82) is 0 Å². The van der Waals surface area contributed by atoms with Crippen LogP contribution in [0, 0.1) is 0 Å². The number of aliphatic hydroxyl groups is 1. The van der Waals surface area contributed by atoms with Crippen LogP contribution in [0.1, 0.15) is 44.4 Å². The van der Waals surface area contributed by atoms with E-state index >= 15 is 0 Å². The van der Waals surface area contributed by atoms with Crippen LogP contribution in [0.4, 0.5) is 0 Å². The van der Waals surface area contributed by atoms with Crippen molar-refractivity contribution in [2.45, 2.75) is 38.7 Å². The minimum atomic E-state index is -0.487. The summed E-state index contributed by atoms with van der Waals surface area (Å²) in [5.74, 6) is 0.869. The zero-order chi connectivity index (χ0) is 17.5. The molecule has 1 unspecified atom stereocenters. The van der Waals surface area contributed by atoms with Crippen LogP contribution in [-0.4, -0.2) is 36.8 Å². The highest BCUT2D eigenvalue weighted by Crippen LogP contribution is 2.34. The first-order chi connectivity index (χ1) is 10.8. The SMILES string of the molecule is C=CCN(CC=C)CCC(O)c1ccc(OC)c(C(C)(C)C)c1. The van der Waals surface area contributed by atoms with E-state index in [0.29, 0.717) is 6.42 Å². The molecule has 1 N–H and O–H groups in total. The summed E-state index contributed by atoms with van der Waals surface area (Å²) in [7, 11) is 1.68. The number of benzene rings is 1. The fourth-order valence-electron chi connectivity index (χ4n) is 2.61. The van der Waals surface area contributed by atoms with Crippen LogP contribution in [0.3, 0.4) is 0 Å². The fourth-order valence-corrected chi connectivity index (χ4v) is 2.61. The van der Waals surface area contributed by atoms with Gasteiger partial charge in [0.1, 0.15) is 5.75 Å². The molecule has 0 aliphatic heterocycles. The van der Waals surface area contributed by atoms with Crippen LogP contribution < -0.4 is 4.74 Å². The molecule has 0 aliphatic rings. The second kappa shape index (κ2) is 8.90. The van der Waals surface area contributed by atoms with Gasteiger partial charge in [-0.15, -0.1) is 13.2 Å². The number of rotatable bonds is 9. The number of hydrogen-bond donors (Lipinski definition) is 1. The molecule has 1 aromatic rings. The molecular formula is C20H31NO2. The van der Waals surface area contributed by atoms with Crippen LogP contribution in [-0.2, 0) is 5.41 Å². The minimum Gasteiger partial charge on any atom is -0.496 e. The predicted octanol–water partition coefficient (Wildman–Crippen LogP) is 4.09. The zero-order valence-electron chi connectivity index (χ0n) is 15.0. The summed E-state index contributed by atoms with van der Waals surface area (Å²) in [4.78, 5) is 2.21. The van der Waals surface area contributed by atoms with E-state index in [2.05, 4.69) is 44.9 Å². The third kappa shape index (κ3) is 5.85. The molecule has 23 heavy (non-hydrogen) atoms. The highest BCUT2D eigenvalue weighted by atomic mass is 16.5. The number of hydrogen-bond acceptors (Lipinski definition) is 3. The van der Waals surface area contributed by atoms with Crippen LogP contribution in [0.15, 0.2) is 43.5 Å². The molecule has 0 radical (unpaired) electrons. The second-order valence-corrected chi connectivity index (χ2v) is 6.85. The predicted molar refractivity (Wildman–Crippen MR) is 98.1 cm³/mol. The van der Waals surface area contributed by atoms with Crippen molar-refractivity contribution in [2.24, 2.45) is 0 Å². The molecule has 0 heterocycles. The van der Waals surface area contributed by atoms with Gasteiger partial charge in [0.25, 0.3) is 0 Å². The number of nitrogens with zero attached hydrogens (tertiary/aromatic N) is 1. The molecule has 0 saturated carbocycles. The van der Waals surface area contributed by atoms with Gasteiger partial charge in [0.05, 0.1) is 13.2 Å². The van der Waals surface area contributed by atoms with E-state index in [1.165, 1.54) is 0 Å². The number of ether oxygens (including phenoxy) is 1. The molecule has 3 heteroatoms. The first-order valence-electron chi connectivity index (χ1n) is 8.14. The summed E-state index contributed by atoms with van der Waals surface area (Å²) in [5.41, 5.74) is 2.03. The van der Waals surface area contributed by atoms with Crippen molar-refractivity contribution in [3.63, 3.8) is 0 Å². The summed E-state index contributed by atoms with van der Waals surface area (Å²) in [5, 5.41) is 10.5. The van der Waals surface area contributed by atoms with E-state index in [1.807, 2.05) is 24.3 Å². The molecule has 0 spiro atoms. The average Bonchev–Trinajstić information content (AvgIpc) is 2.51. The fraction of sp³-hybridized carbons (Fsp3) is 0.500. The summed E-state index contributed by atoms with van der Waals surface area (Å²) in [6.45, 7) is 16.4. The van der Waals surface area contributed by atoms with Gasteiger partial charge >= 0.3 is 0 Å². The zero-order valence-corrected chi connectivity index (χ0v) is 15.0. The molecule has 0 amide bonds. The first-order valence-corrected chi connectivity index (χ1v) is 8.14. The molecule has 1 rings (SSSR count). The molecular weight excluding hydrogens is 286 g/mol. The molecule has 1 aromatic carbocycles. The van der Waals surface area contributed by atoms with Gasteiger partial charge in [-0.2, -0.15) is 0 Å². The molecule has 128 valence electrons. The Kier molecular flexibility index (Phi) is 7.53. The van der Waals surface area contributed by atoms with Crippen molar-refractivity contribution in [3.8, 4) is 5.75 Å². The maximum absolute atomic E-state index is 10.5. The van der Waals surface area contributed by atoms with Crippen molar-refractivity contribution >= 4 is 0 Å². The van der Waals surface area contributed by atoms with E-state index in [1.54, 1.807) is 7.11 Å². The Morgan fingerprint density at radius 1 is 1.22 bits per heavy atom. The monoisotopic (exact) mass is 317 g/mol. The molecule has 1 atom stereocenters. The van der Waals surface area contributed by atoms with E-state index in [4.69, 9.17) is 4.74 Å². The lowest BCUT2D eigenvalue weighted by Gasteiger charge is -2.25. The summed E-state index contributed by atoms with van der Waals surface area (Å²) in [6.07, 6.45) is 3.94. The maximum Gasteiger partial charge on any atom is 0.122 e. The average molecular weight is 317 g/mol. The third-order valence-electron chi connectivity index (χ3n) is 3.91. The van der Waals surface area contributed by atoms with Gasteiger partial charge in [-0.05, 0) is 35.1 Å². The third-order valence-corrected chi connectivity index (χ3v) is 3.91. The molecule has 0 bridgehead atoms. The van der Waals surface area contributed by atoms with E-state index < -0.39 is 6.10 Å². The number of aliphatic hydroxyl groups excluding tert-OH is 1. The molecule has 0 aliphatic carbocycles. The van der Waals surface area contributed by atoms with Gasteiger partial charge in [0.2, 0.25) is 0 Å². The summed E-state index contributed by atoms with van der Waals surface area (Å²) < 4.78 is 5.46. The van der Waals surface area contributed by atoms with Gasteiger partial charge in [-0.3, -0.25) is 4.90 Å². The Hall–Kier alpha value is -1.58.